The molecular formula is C16H15ClFN3O4S. The van der Waals surface area contributed by atoms with Crippen molar-refractivity contribution in [3.05, 3.63) is 64.9 Å². The Morgan fingerprint density at radius 1 is 1.00 bits per heavy atom. The summed E-state index contributed by atoms with van der Waals surface area (Å²) in [5, 5.41) is 0.453. The van der Waals surface area contributed by atoms with Gasteiger partial charge < -0.3 is 0 Å². The van der Waals surface area contributed by atoms with Crippen LogP contribution in [0.4, 0.5) is 4.39 Å². The summed E-state index contributed by atoms with van der Waals surface area (Å²) >= 11 is 5.72. The Morgan fingerprint density at radius 2 is 1.58 bits per heavy atom. The van der Waals surface area contributed by atoms with Crippen LogP contribution in [-0.2, 0) is 14.8 Å². The molecular weight excluding hydrogens is 385 g/mol. The van der Waals surface area contributed by atoms with Crippen molar-refractivity contribution in [1.82, 2.24) is 15.6 Å². The van der Waals surface area contributed by atoms with Crippen LogP contribution in [0.25, 0.3) is 0 Å². The summed E-state index contributed by atoms with van der Waals surface area (Å²) in [6.45, 7) is 1.30. The maximum absolute atomic E-state index is 12.9. The molecule has 10 heteroatoms. The van der Waals surface area contributed by atoms with E-state index in [1.807, 2.05) is 0 Å². The summed E-state index contributed by atoms with van der Waals surface area (Å²) in [5.74, 6) is -1.96. The Balaban J connectivity index is 1.93. The van der Waals surface area contributed by atoms with Crippen LogP contribution in [0.5, 0.6) is 0 Å². The molecule has 2 amide bonds. The van der Waals surface area contributed by atoms with E-state index in [4.69, 9.17) is 11.6 Å². The summed E-state index contributed by atoms with van der Waals surface area (Å²) in [6, 6.07) is 8.90. The molecule has 0 saturated heterocycles. The van der Waals surface area contributed by atoms with Crippen LogP contribution >= 0.6 is 11.6 Å². The zero-order chi connectivity index (χ0) is 19.3. The van der Waals surface area contributed by atoms with Gasteiger partial charge in [0.2, 0.25) is 10.0 Å². The van der Waals surface area contributed by atoms with Crippen molar-refractivity contribution >= 4 is 33.4 Å². The zero-order valence-corrected chi connectivity index (χ0v) is 15.1. The van der Waals surface area contributed by atoms with Gasteiger partial charge in [0.15, 0.2) is 0 Å². The molecule has 0 bridgehead atoms. The van der Waals surface area contributed by atoms with Crippen molar-refractivity contribution in [2.45, 2.75) is 17.9 Å². The van der Waals surface area contributed by atoms with Crippen molar-refractivity contribution in [2.24, 2.45) is 0 Å². The van der Waals surface area contributed by atoms with Crippen LogP contribution in [0.15, 0.2) is 53.4 Å². The second kappa shape index (κ2) is 8.26. The summed E-state index contributed by atoms with van der Waals surface area (Å²) in [4.78, 5) is 23.6. The first-order chi connectivity index (χ1) is 12.2. The first-order valence-electron chi connectivity index (χ1n) is 7.33. The van der Waals surface area contributed by atoms with Gasteiger partial charge in [-0.25, -0.2) is 12.8 Å². The second-order valence-electron chi connectivity index (χ2n) is 5.25. The van der Waals surface area contributed by atoms with Gasteiger partial charge in [0.1, 0.15) is 5.82 Å². The topological polar surface area (TPSA) is 104 Å². The van der Waals surface area contributed by atoms with E-state index in [-0.39, 0.29) is 10.5 Å². The predicted octanol–water partition coefficient (Wildman–Crippen LogP) is 1.61. The quantitative estimate of drug-likeness (QED) is 0.664. The Morgan fingerprint density at radius 3 is 2.15 bits per heavy atom. The number of sulfonamides is 1. The minimum absolute atomic E-state index is 0.191. The average molecular weight is 400 g/mol. The number of benzene rings is 2. The average Bonchev–Trinajstić information content (AvgIpc) is 2.60. The Kier molecular flexibility index (Phi) is 6.30. The predicted molar refractivity (Wildman–Crippen MR) is 93.2 cm³/mol. The maximum Gasteiger partial charge on any atom is 0.269 e. The second-order valence-corrected chi connectivity index (χ2v) is 7.40. The molecule has 2 rings (SSSR count). The van der Waals surface area contributed by atoms with Crippen LogP contribution in [-0.4, -0.2) is 26.3 Å². The smallest absolute Gasteiger partial charge is 0.269 e. The molecule has 0 heterocycles. The highest BCUT2D eigenvalue weighted by Crippen LogP contribution is 2.10. The molecule has 7 nitrogen and oxygen atoms in total. The summed E-state index contributed by atoms with van der Waals surface area (Å²) in [6.07, 6.45) is 0. The molecule has 0 aliphatic heterocycles. The van der Waals surface area contributed by atoms with Gasteiger partial charge >= 0.3 is 0 Å². The fraction of sp³-hybridized carbons (Fsp3) is 0.125. The zero-order valence-electron chi connectivity index (χ0n) is 13.5. The van der Waals surface area contributed by atoms with Gasteiger partial charge in [-0.3, -0.25) is 20.4 Å². The molecule has 0 radical (unpaired) electrons. The molecule has 0 aromatic heterocycles. The number of hydrazine groups is 1. The number of amides is 2. The molecule has 0 unspecified atom stereocenters. The van der Waals surface area contributed by atoms with Crippen LogP contribution < -0.4 is 15.6 Å². The van der Waals surface area contributed by atoms with Gasteiger partial charge in [0, 0.05) is 10.6 Å². The number of rotatable bonds is 5. The van der Waals surface area contributed by atoms with E-state index >= 15 is 0 Å². The van der Waals surface area contributed by atoms with Crippen molar-refractivity contribution in [3.63, 3.8) is 0 Å². The summed E-state index contributed by atoms with van der Waals surface area (Å²) in [7, 11) is -4.02. The van der Waals surface area contributed by atoms with Crippen LogP contribution in [0.2, 0.25) is 5.02 Å². The number of halogens is 2. The normalized spacial score (nSPS) is 12.3. The lowest BCUT2D eigenvalue weighted by Crippen LogP contribution is -2.51. The molecule has 0 fully saturated rings. The van der Waals surface area contributed by atoms with Crippen molar-refractivity contribution in [2.75, 3.05) is 0 Å². The van der Waals surface area contributed by atoms with Crippen LogP contribution in [0.3, 0.4) is 0 Å². The van der Waals surface area contributed by atoms with Gasteiger partial charge in [-0.2, -0.15) is 4.72 Å². The minimum atomic E-state index is -4.02. The number of hydrogen-bond acceptors (Lipinski definition) is 4. The molecule has 3 N–H and O–H groups in total. The Labute approximate surface area is 154 Å². The molecule has 26 heavy (non-hydrogen) atoms. The highest BCUT2D eigenvalue weighted by atomic mass is 35.5. The summed E-state index contributed by atoms with van der Waals surface area (Å²) in [5.41, 5.74) is 4.54. The fourth-order valence-corrected chi connectivity index (χ4v) is 3.20. The third kappa shape index (κ3) is 5.25. The number of carbonyl (C=O) groups is 2. The van der Waals surface area contributed by atoms with E-state index in [0.717, 1.165) is 24.3 Å². The lowest BCUT2D eigenvalue weighted by atomic mass is 10.2. The largest absolute Gasteiger partial charge is 0.271 e. The van der Waals surface area contributed by atoms with E-state index in [1.165, 1.54) is 31.2 Å². The van der Waals surface area contributed by atoms with Gasteiger partial charge in [0.05, 0.1) is 10.9 Å². The van der Waals surface area contributed by atoms with Crippen LogP contribution in [0, 0.1) is 5.82 Å². The van der Waals surface area contributed by atoms with Gasteiger partial charge in [-0.15, -0.1) is 0 Å². The molecule has 0 spiro atoms. The molecule has 0 aliphatic rings. The van der Waals surface area contributed by atoms with E-state index in [1.54, 1.807) is 0 Å². The van der Waals surface area contributed by atoms with Crippen molar-refractivity contribution in [1.29, 1.82) is 0 Å². The monoisotopic (exact) mass is 399 g/mol. The van der Waals surface area contributed by atoms with Gasteiger partial charge in [0.25, 0.3) is 11.8 Å². The number of nitrogens with one attached hydrogen (secondary N) is 3. The molecule has 2 aromatic carbocycles. The van der Waals surface area contributed by atoms with Gasteiger partial charge in [-0.1, -0.05) is 11.6 Å². The Bertz CT molecular complexity index is 902. The highest BCUT2D eigenvalue weighted by Gasteiger charge is 2.22. The highest BCUT2D eigenvalue weighted by molar-refractivity contribution is 7.89. The lowest BCUT2D eigenvalue weighted by molar-refractivity contribution is -0.123. The lowest BCUT2D eigenvalue weighted by Gasteiger charge is -2.15. The molecule has 2 aromatic rings. The van der Waals surface area contributed by atoms with Crippen molar-refractivity contribution < 1.29 is 22.4 Å². The van der Waals surface area contributed by atoms with E-state index in [0.29, 0.717) is 5.02 Å². The number of carbonyl (C=O) groups excluding carboxylic acids is 2. The number of hydrogen-bond donors (Lipinski definition) is 3. The van der Waals surface area contributed by atoms with E-state index in [9.17, 15) is 22.4 Å². The molecule has 138 valence electrons. The third-order valence-electron chi connectivity index (χ3n) is 3.25. The Hall–Kier alpha value is -2.49. The third-order valence-corrected chi connectivity index (χ3v) is 5.06. The van der Waals surface area contributed by atoms with E-state index < -0.39 is 33.7 Å². The fourth-order valence-electron chi connectivity index (χ4n) is 1.87. The van der Waals surface area contributed by atoms with E-state index in [2.05, 4.69) is 15.6 Å². The first-order valence-corrected chi connectivity index (χ1v) is 9.19. The standard InChI is InChI=1S/C16H15ClFN3O4S/c1-10(21-26(24,25)14-8-6-13(18)7-9-14)15(22)19-20-16(23)11-2-4-12(17)5-3-11/h2-10,21H,1H3,(H,19,22)(H,20,23)/t10-/m0/s1. The van der Waals surface area contributed by atoms with Gasteiger partial charge in [-0.05, 0) is 55.5 Å². The molecule has 0 saturated carbocycles. The minimum Gasteiger partial charge on any atom is -0.271 e. The summed E-state index contributed by atoms with van der Waals surface area (Å²) < 4.78 is 39.3. The molecule has 1 atom stereocenters. The maximum atomic E-state index is 12.9. The molecule has 0 aliphatic carbocycles. The van der Waals surface area contributed by atoms with Crippen molar-refractivity contribution in [3.8, 4) is 0 Å². The van der Waals surface area contributed by atoms with Crippen LogP contribution in [0.1, 0.15) is 17.3 Å². The first kappa shape index (κ1) is 19.8. The SMILES string of the molecule is C[C@H](NS(=O)(=O)c1ccc(F)cc1)C(=O)NNC(=O)c1ccc(Cl)cc1.